The molecule has 3 heteroatoms. The molecule has 1 saturated carbocycles. The van der Waals surface area contributed by atoms with Crippen LogP contribution in [-0.2, 0) is 0 Å². The van der Waals surface area contributed by atoms with E-state index in [4.69, 9.17) is 34.8 Å². The van der Waals surface area contributed by atoms with E-state index in [1.54, 1.807) is 0 Å². The molecular weight excluding hydrogens is 238 g/mol. The van der Waals surface area contributed by atoms with Gasteiger partial charge in [-0.25, -0.2) is 0 Å². The highest BCUT2D eigenvalue weighted by Crippen LogP contribution is 2.38. The van der Waals surface area contributed by atoms with Gasteiger partial charge in [0, 0.05) is 5.38 Å². The highest BCUT2D eigenvalue weighted by atomic mass is 35.5. The normalized spacial score (nSPS) is 26.8. The van der Waals surface area contributed by atoms with Crippen LogP contribution in [-0.4, -0.2) is 5.38 Å². The maximum Gasteiger partial charge on any atom is 0.0595 e. The van der Waals surface area contributed by atoms with Crippen LogP contribution in [0.25, 0.3) is 0 Å². The molecule has 1 aliphatic carbocycles. The Hall–Kier alpha value is 0.0900. The van der Waals surface area contributed by atoms with Crippen molar-refractivity contribution in [3.8, 4) is 0 Å². The Labute approximate surface area is 99.2 Å². The average Bonchev–Trinajstić information content (AvgIpc) is 2.57. The first kappa shape index (κ1) is 10.6. The summed E-state index contributed by atoms with van der Waals surface area (Å²) in [5.74, 6) is 0.562. The highest BCUT2D eigenvalue weighted by Gasteiger charge is 2.24. The average molecular weight is 250 g/mol. The Morgan fingerprint density at radius 2 is 1.86 bits per heavy atom. The summed E-state index contributed by atoms with van der Waals surface area (Å²) in [7, 11) is 0. The zero-order valence-electron chi connectivity index (χ0n) is 7.64. The Morgan fingerprint density at radius 1 is 1.07 bits per heavy atom. The summed E-state index contributed by atoms with van der Waals surface area (Å²) in [5, 5.41) is 1.59. The van der Waals surface area contributed by atoms with Crippen LogP contribution in [0.15, 0.2) is 18.2 Å². The highest BCUT2D eigenvalue weighted by molar-refractivity contribution is 6.42. The molecule has 1 aromatic carbocycles. The number of rotatable bonds is 1. The van der Waals surface area contributed by atoms with Crippen LogP contribution in [0.5, 0.6) is 0 Å². The van der Waals surface area contributed by atoms with E-state index < -0.39 is 0 Å². The molecule has 1 aromatic rings. The van der Waals surface area contributed by atoms with E-state index in [0.29, 0.717) is 21.3 Å². The van der Waals surface area contributed by atoms with Gasteiger partial charge in [0.15, 0.2) is 0 Å². The molecule has 0 N–H and O–H groups in total. The van der Waals surface area contributed by atoms with Gasteiger partial charge in [-0.05, 0) is 42.9 Å². The lowest BCUT2D eigenvalue weighted by molar-refractivity contribution is 0.724. The third kappa shape index (κ3) is 2.18. The van der Waals surface area contributed by atoms with Gasteiger partial charge in [-0.1, -0.05) is 29.3 Å². The van der Waals surface area contributed by atoms with Gasteiger partial charge in [-0.15, -0.1) is 11.6 Å². The molecule has 0 aliphatic heterocycles. The van der Waals surface area contributed by atoms with Crippen LogP contribution in [0.4, 0.5) is 0 Å². The van der Waals surface area contributed by atoms with E-state index in [-0.39, 0.29) is 0 Å². The van der Waals surface area contributed by atoms with Crippen molar-refractivity contribution in [2.24, 2.45) is 0 Å². The molecule has 2 atom stereocenters. The molecule has 1 fully saturated rings. The van der Waals surface area contributed by atoms with Gasteiger partial charge in [0.1, 0.15) is 0 Å². The first-order valence-electron chi connectivity index (χ1n) is 4.76. The van der Waals surface area contributed by atoms with Crippen molar-refractivity contribution in [3.05, 3.63) is 33.8 Å². The van der Waals surface area contributed by atoms with Gasteiger partial charge in [0.25, 0.3) is 0 Å². The third-order valence-electron chi connectivity index (χ3n) is 2.78. The molecule has 2 unspecified atom stereocenters. The first-order chi connectivity index (χ1) is 6.66. The van der Waals surface area contributed by atoms with Crippen LogP contribution < -0.4 is 0 Å². The predicted octanol–water partition coefficient (Wildman–Crippen LogP) is 4.87. The van der Waals surface area contributed by atoms with E-state index in [0.717, 1.165) is 19.3 Å². The maximum absolute atomic E-state index is 6.07. The van der Waals surface area contributed by atoms with Crippen molar-refractivity contribution in [3.63, 3.8) is 0 Å². The Morgan fingerprint density at radius 3 is 2.43 bits per heavy atom. The molecule has 1 aliphatic rings. The van der Waals surface area contributed by atoms with Gasteiger partial charge >= 0.3 is 0 Å². The van der Waals surface area contributed by atoms with Crippen molar-refractivity contribution in [1.82, 2.24) is 0 Å². The van der Waals surface area contributed by atoms with E-state index in [1.807, 2.05) is 18.2 Å². The lowest BCUT2D eigenvalue weighted by atomic mass is 9.98. The van der Waals surface area contributed by atoms with Crippen molar-refractivity contribution < 1.29 is 0 Å². The van der Waals surface area contributed by atoms with Crippen molar-refractivity contribution in [2.45, 2.75) is 30.6 Å². The summed E-state index contributed by atoms with van der Waals surface area (Å²) >= 11 is 17.9. The summed E-state index contributed by atoms with van der Waals surface area (Å²) in [5.41, 5.74) is 1.27. The standard InChI is InChI=1S/C11H11Cl3/c12-9-3-1-7(5-9)8-2-4-10(13)11(14)6-8/h2,4,6-7,9H,1,3,5H2. The zero-order valence-corrected chi connectivity index (χ0v) is 9.91. The monoisotopic (exact) mass is 248 g/mol. The van der Waals surface area contributed by atoms with Gasteiger partial charge in [-0.3, -0.25) is 0 Å². The summed E-state index contributed by atoms with van der Waals surface area (Å²) in [6.07, 6.45) is 3.32. The fourth-order valence-electron chi connectivity index (χ4n) is 2.00. The minimum absolute atomic E-state index is 0.328. The van der Waals surface area contributed by atoms with Crippen LogP contribution >= 0.6 is 34.8 Å². The summed E-state index contributed by atoms with van der Waals surface area (Å²) in [6, 6.07) is 5.87. The molecule has 0 saturated heterocycles. The van der Waals surface area contributed by atoms with Crippen LogP contribution in [0.2, 0.25) is 10.0 Å². The number of halogens is 3. The smallest absolute Gasteiger partial charge is 0.0595 e. The quantitative estimate of drug-likeness (QED) is 0.623. The van der Waals surface area contributed by atoms with E-state index in [2.05, 4.69) is 0 Å². The molecule has 0 heterocycles. The van der Waals surface area contributed by atoms with E-state index >= 15 is 0 Å². The van der Waals surface area contributed by atoms with Gasteiger partial charge in [0.05, 0.1) is 10.0 Å². The largest absolute Gasteiger partial charge is 0.123 e. The number of alkyl halides is 1. The molecule has 14 heavy (non-hydrogen) atoms. The Bertz CT molecular complexity index is 335. The zero-order chi connectivity index (χ0) is 10.1. The van der Waals surface area contributed by atoms with Crippen molar-refractivity contribution in [2.75, 3.05) is 0 Å². The molecule has 0 radical (unpaired) electrons. The molecule has 76 valence electrons. The summed E-state index contributed by atoms with van der Waals surface area (Å²) in [4.78, 5) is 0. The van der Waals surface area contributed by atoms with E-state index in [9.17, 15) is 0 Å². The minimum atomic E-state index is 0.328. The van der Waals surface area contributed by atoms with Crippen LogP contribution in [0.1, 0.15) is 30.7 Å². The lowest BCUT2D eigenvalue weighted by Gasteiger charge is -2.10. The van der Waals surface area contributed by atoms with Gasteiger partial charge < -0.3 is 0 Å². The Balaban J connectivity index is 2.20. The molecule has 0 nitrogen and oxygen atoms in total. The molecule has 0 bridgehead atoms. The topological polar surface area (TPSA) is 0 Å². The number of hydrogen-bond donors (Lipinski definition) is 0. The number of benzene rings is 1. The second-order valence-electron chi connectivity index (χ2n) is 3.78. The van der Waals surface area contributed by atoms with Gasteiger partial charge in [-0.2, -0.15) is 0 Å². The van der Waals surface area contributed by atoms with E-state index in [1.165, 1.54) is 5.56 Å². The van der Waals surface area contributed by atoms with Crippen LogP contribution in [0.3, 0.4) is 0 Å². The maximum atomic E-state index is 6.07. The first-order valence-corrected chi connectivity index (χ1v) is 5.95. The minimum Gasteiger partial charge on any atom is -0.123 e. The predicted molar refractivity (Wildman–Crippen MR) is 62.7 cm³/mol. The van der Waals surface area contributed by atoms with Crippen LogP contribution in [0, 0.1) is 0 Å². The summed E-state index contributed by atoms with van der Waals surface area (Å²) < 4.78 is 0. The summed E-state index contributed by atoms with van der Waals surface area (Å²) in [6.45, 7) is 0. The van der Waals surface area contributed by atoms with Crippen molar-refractivity contribution in [1.29, 1.82) is 0 Å². The molecule has 2 rings (SSSR count). The van der Waals surface area contributed by atoms with Gasteiger partial charge in [0.2, 0.25) is 0 Å². The lowest BCUT2D eigenvalue weighted by Crippen LogP contribution is -1.94. The molecule has 0 amide bonds. The fourth-order valence-corrected chi connectivity index (χ4v) is 2.64. The molecular formula is C11H11Cl3. The second-order valence-corrected chi connectivity index (χ2v) is 5.21. The second kappa shape index (κ2) is 4.30. The molecule has 0 spiro atoms. The SMILES string of the molecule is Clc1ccc(C2CCC(Cl)C2)cc1Cl. The molecule has 0 aromatic heterocycles. The number of hydrogen-bond acceptors (Lipinski definition) is 0. The fraction of sp³-hybridized carbons (Fsp3) is 0.455. The van der Waals surface area contributed by atoms with Crippen molar-refractivity contribution >= 4 is 34.8 Å². The third-order valence-corrected chi connectivity index (χ3v) is 3.92. The Kier molecular flexibility index (Phi) is 3.26.